The van der Waals surface area contributed by atoms with E-state index in [2.05, 4.69) is 33.9 Å². The van der Waals surface area contributed by atoms with Crippen LogP contribution in [-0.2, 0) is 34.8 Å². The van der Waals surface area contributed by atoms with E-state index in [1.54, 1.807) is 0 Å². The van der Waals surface area contributed by atoms with Gasteiger partial charge in [-0.1, -0.05) is 20.8 Å². The van der Waals surface area contributed by atoms with Gasteiger partial charge in [0.25, 0.3) is 5.69 Å². The van der Waals surface area contributed by atoms with E-state index in [1.807, 2.05) is 0 Å². The zero-order valence-electron chi connectivity index (χ0n) is 21.9. The van der Waals surface area contributed by atoms with Gasteiger partial charge in [0.1, 0.15) is 6.61 Å². The second kappa shape index (κ2) is 11.8. The Bertz CT molecular complexity index is 943. The summed E-state index contributed by atoms with van der Waals surface area (Å²) >= 11 is 0. The maximum atomic E-state index is 13.1. The van der Waals surface area contributed by atoms with Gasteiger partial charge in [0, 0.05) is 24.7 Å². The molecule has 0 bridgehead atoms. The van der Waals surface area contributed by atoms with Crippen LogP contribution in [0.4, 0.5) is 10.5 Å². The van der Waals surface area contributed by atoms with Crippen molar-refractivity contribution in [1.82, 2.24) is 4.90 Å². The Hall–Kier alpha value is -2.99. The van der Waals surface area contributed by atoms with Crippen LogP contribution in [0.2, 0.25) is 18.1 Å². The minimum atomic E-state index is -2.16. The highest BCUT2D eigenvalue weighted by molar-refractivity contribution is 6.74. The van der Waals surface area contributed by atoms with E-state index in [1.165, 1.54) is 43.4 Å². The van der Waals surface area contributed by atoms with Crippen LogP contribution in [0.3, 0.4) is 0 Å². The van der Waals surface area contributed by atoms with Gasteiger partial charge < -0.3 is 23.5 Å². The van der Waals surface area contributed by atoms with Gasteiger partial charge in [-0.25, -0.2) is 4.79 Å². The first-order chi connectivity index (χ1) is 16.7. The third-order valence-corrected chi connectivity index (χ3v) is 11.4. The Balaban J connectivity index is 2.21. The largest absolute Gasteiger partial charge is 0.468 e. The number of nitro benzene ring substituents is 1. The zero-order valence-corrected chi connectivity index (χ0v) is 22.9. The summed E-state index contributed by atoms with van der Waals surface area (Å²) in [6, 6.07) is 5.18. The molecule has 2 atom stereocenters. The van der Waals surface area contributed by atoms with Crippen molar-refractivity contribution in [1.29, 1.82) is 0 Å². The van der Waals surface area contributed by atoms with Gasteiger partial charge in [0.2, 0.25) is 0 Å². The quantitative estimate of drug-likeness (QED) is 0.117. The lowest BCUT2D eigenvalue weighted by Gasteiger charge is -2.38. The first-order valence-corrected chi connectivity index (χ1v) is 14.6. The van der Waals surface area contributed by atoms with E-state index in [4.69, 9.17) is 18.6 Å². The van der Waals surface area contributed by atoms with E-state index >= 15 is 0 Å². The van der Waals surface area contributed by atoms with Crippen LogP contribution in [0.1, 0.15) is 39.2 Å². The van der Waals surface area contributed by atoms with Crippen molar-refractivity contribution in [3.8, 4) is 0 Å². The molecule has 0 radical (unpaired) electrons. The molecule has 0 aromatic heterocycles. The first kappa shape index (κ1) is 29.2. The van der Waals surface area contributed by atoms with Gasteiger partial charge >= 0.3 is 18.0 Å². The molecular weight excluding hydrogens is 488 g/mol. The van der Waals surface area contributed by atoms with Crippen molar-refractivity contribution in [3.05, 3.63) is 39.9 Å². The fraction of sp³-hybridized carbons (Fsp3) is 0.625. The second-order valence-corrected chi connectivity index (χ2v) is 15.1. The number of likely N-dealkylation sites (tertiary alicyclic amines) is 1. The summed E-state index contributed by atoms with van der Waals surface area (Å²) < 4.78 is 21.6. The third-order valence-electron chi connectivity index (χ3n) is 6.87. The third kappa shape index (κ3) is 7.26. The van der Waals surface area contributed by atoms with E-state index in [9.17, 15) is 24.5 Å². The molecule has 2 rings (SSSR count). The molecule has 1 aliphatic heterocycles. The second-order valence-electron chi connectivity index (χ2n) is 10.4. The molecule has 1 fully saturated rings. The molecule has 11 nitrogen and oxygen atoms in total. The number of ether oxygens (including phenoxy) is 3. The minimum absolute atomic E-state index is 0.00331. The van der Waals surface area contributed by atoms with Crippen molar-refractivity contribution in [2.75, 3.05) is 20.8 Å². The average Bonchev–Trinajstić information content (AvgIpc) is 3.21. The Kier molecular flexibility index (Phi) is 9.61. The lowest BCUT2D eigenvalue weighted by Crippen LogP contribution is -2.45. The van der Waals surface area contributed by atoms with Gasteiger partial charge in [0.05, 0.1) is 25.2 Å². The predicted octanol–water partition coefficient (Wildman–Crippen LogP) is 4.05. The van der Waals surface area contributed by atoms with Gasteiger partial charge in [-0.3, -0.25) is 19.7 Å². The Morgan fingerprint density at radius 2 is 1.67 bits per heavy atom. The van der Waals surface area contributed by atoms with E-state index in [-0.39, 0.29) is 36.4 Å². The predicted molar refractivity (Wildman–Crippen MR) is 133 cm³/mol. The first-order valence-electron chi connectivity index (χ1n) is 11.7. The smallest absolute Gasteiger partial charge is 0.410 e. The van der Waals surface area contributed by atoms with Crippen LogP contribution in [0.25, 0.3) is 0 Å². The topological polar surface area (TPSA) is 135 Å². The molecule has 1 aromatic rings. The molecule has 1 saturated heterocycles. The number of nitro groups is 1. The monoisotopic (exact) mass is 524 g/mol. The number of esters is 2. The van der Waals surface area contributed by atoms with Crippen LogP contribution >= 0.6 is 0 Å². The summed E-state index contributed by atoms with van der Waals surface area (Å²) in [4.78, 5) is 49.5. The standard InChI is InChI=1S/C24H36N2O9Si/c1-24(2,3)36(6,7)35-19-12-18(13-20(21(27)32-4)22(28)33-5)25(14-19)23(29)34-15-16-8-10-17(11-9-16)26(30)31/h8-11,18-20H,12-15H2,1-7H3/t18-,19+/m0/s1. The number of nitrogens with zero attached hydrogens (tertiary/aromatic N) is 2. The molecule has 1 heterocycles. The Labute approximate surface area is 212 Å². The number of methoxy groups -OCH3 is 2. The number of benzene rings is 1. The van der Waals surface area contributed by atoms with Gasteiger partial charge in [-0.2, -0.15) is 0 Å². The molecule has 0 saturated carbocycles. The molecule has 12 heteroatoms. The fourth-order valence-electron chi connectivity index (χ4n) is 3.79. The molecule has 0 aliphatic carbocycles. The van der Waals surface area contributed by atoms with Crippen LogP contribution < -0.4 is 0 Å². The lowest BCUT2D eigenvalue weighted by molar-refractivity contribution is -0.384. The summed E-state index contributed by atoms with van der Waals surface area (Å²) in [5.74, 6) is -2.67. The van der Waals surface area contributed by atoms with Gasteiger partial charge in [0.15, 0.2) is 14.2 Å². The van der Waals surface area contributed by atoms with Crippen molar-refractivity contribution >= 4 is 32.0 Å². The van der Waals surface area contributed by atoms with Gasteiger partial charge in [-0.15, -0.1) is 0 Å². The number of amides is 1. The highest BCUT2D eigenvalue weighted by Gasteiger charge is 2.46. The molecule has 1 aromatic carbocycles. The number of hydrogen-bond acceptors (Lipinski definition) is 9. The molecular formula is C24H36N2O9Si. The molecule has 1 aliphatic rings. The average molecular weight is 525 g/mol. The lowest BCUT2D eigenvalue weighted by atomic mass is 9.98. The van der Waals surface area contributed by atoms with E-state index in [0.29, 0.717) is 12.0 Å². The summed E-state index contributed by atoms with van der Waals surface area (Å²) in [5.41, 5.74) is 0.521. The number of non-ortho nitro benzene ring substituents is 1. The van der Waals surface area contributed by atoms with Crippen LogP contribution in [-0.4, -0.2) is 69.1 Å². The molecule has 36 heavy (non-hydrogen) atoms. The molecule has 0 spiro atoms. The summed E-state index contributed by atoms with van der Waals surface area (Å²) in [6.07, 6.45) is -0.501. The molecule has 0 N–H and O–H groups in total. The minimum Gasteiger partial charge on any atom is -0.468 e. The number of hydrogen-bond donors (Lipinski definition) is 0. The van der Waals surface area contributed by atoms with Crippen LogP contribution in [0, 0.1) is 16.0 Å². The van der Waals surface area contributed by atoms with Gasteiger partial charge in [-0.05, 0) is 48.7 Å². The maximum absolute atomic E-state index is 13.1. The molecule has 1 amide bonds. The van der Waals surface area contributed by atoms with Crippen molar-refractivity contribution in [2.45, 2.75) is 70.5 Å². The summed E-state index contributed by atoms with van der Waals surface area (Å²) in [5, 5.41) is 10.8. The number of carbonyl (C=O) groups excluding carboxylic acids is 3. The van der Waals surface area contributed by atoms with Crippen molar-refractivity contribution < 1.29 is 37.9 Å². The Morgan fingerprint density at radius 1 is 1.11 bits per heavy atom. The highest BCUT2D eigenvalue weighted by atomic mass is 28.4. The van der Waals surface area contributed by atoms with Crippen LogP contribution in [0.5, 0.6) is 0 Å². The number of rotatable bonds is 9. The molecule has 200 valence electrons. The SMILES string of the molecule is COC(=O)C(C[C@@H]1C[C@@H](O[Si](C)(C)C(C)(C)C)CN1C(=O)OCc1ccc([N+](=O)[O-])cc1)C(=O)OC. The number of carbonyl (C=O) groups is 3. The fourth-order valence-corrected chi connectivity index (χ4v) is 5.14. The molecule has 0 unspecified atom stereocenters. The summed E-state index contributed by atoms with van der Waals surface area (Å²) in [7, 11) is 0.210. The van der Waals surface area contributed by atoms with E-state index < -0.39 is 43.2 Å². The normalized spacial score (nSPS) is 18.2. The highest BCUT2D eigenvalue weighted by Crippen LogP contribution is 2.39. The van der Waals surface area contributed by atoms with E-state index in [0.717, 1.165) is 0 Å². The van der Waals surface area contributed by atoms with Crippen LogP contribution in [0.15, 0.2) is 24.3 Å². The Morgan fingerprint density at radius 3 is 2.14 bits per heavy atom. The van der Waals surface area contributed by atoms with Crippen molar-refractivity contribution in [2.24, 2.45) is 5.92 Å². The summed E-state index contributed by atoms with van der Waals surface area (Å²) in [6.45, 7) is 10.7. The zero-order chi connectivity index (χ0) is 27.3. The maximum Gasteiger partial charge on any atom is 0.410 e. The van der Waals surface area contributed by atoms with Crippen molar-refractivity contribution in [3.63, 3.8) is 0 Å².